The second-order valence-corrected chi connectivity index (χ2v) is 6.28. The minimum absolute atomic E-state index is 0.0237. The van der Waals surface area contributed by atoms with Gasteiger partial charge in [-0.3, -0.25) is 4.79 Å². The highest BCUT2D eigenvalue weighted by atomic mass is 79.9. The van der Waals surface area contributed by atoms with Gasteiger partial charge in [-0.05, 0) is 51.9 Å². The number of fused-ring (bicyclic) bond motifs is 1. The summed E-state index contributed by atoms with van der Waals surface area (Å²) < 4.78 is 14.1. The summed E-state index contributed by atoms with van der Waals surface area (Å²) in [5.41, 5.74) is 1.50. The van der Waals surface area contributed by atoms with Crippen LogP contribution in [0.25, 0.3) is 0 Å². The number of rotatable bonds is 3. The zero-order valence-corrected chi connectivity index (χ0v) is 12.3. The largest absolute Gasteiger partial charge is 0.324 e. The molecule has 1 aliphatic heterocycles. The maximum atomic E-state index is 13.5. The molecule has 0 saturated carbocycles. The Morgan fingerprint density at radius 2 is 2.06 bits per heavy atom. The molecule has 1 aromatic rings. The predicted molar refractivity (Wildman–Crippen MR) is 74.1 cm³/mol. The second kappa shape index (κ2) is 5.00. The van der Waals surface area contributed by atoms with Crippen molar-refractivity contribution in [2.45, 2.75) is 33.1 Å². The zero-order valence-electron chi connectivity index (χ0n) is 10.8. The van der Waals surface area contributed by atoms with E-state index in [0.29, 0.717) is 10.4 Å². The summed E-state index contributed by atoms with van der Waals surface area (Å²) >= 11 is 3.30. The van der Waals surface area contributed by atoms with Crippen molar-refractivity contribution in [1.29, 1.82) is 0 Å². The van der Waals surface area contributed by atoms with Crippen molar-refractivity contribution in [2.75, 3.05) is 5.32 Å². The minimum Gasteiger partial charge on any atom is -0.324 e. The van der Waals surface area contributed by atoms with E-state index in [1.54, 1.807) is 0 Å². The Balaban J connectivity index is 2.38. The van der Waals surface area contributed by atoms with Gasteiger partial charge in [-0.2, -0.15) is 0 Å². The van der Waals surface area contributed by atoms with Crippen LogP contribution in [0, 0.1) is 17.7 Å². The molecule has 18 heavy (non-hydrogen) atoms. The third kappa shape index (κ3) is 2.44. The Hall–Kier alpha value is -0.900. The van der Waals surface area contributed by atoms with Gasteiger partial charge >= 0.3 is 0 Å². The van der Waals surface area contributed by atoms with Crippen LogP contribution in [0.15, 0.2) is 16.6 Å². The van der Waals surface area contributed by atoms with E-state index in [4.69, 9.17) is 0 Å². The molecule has 0 bridgehead atoms. The van der Waals surface area contributed by atoms with Crippen molar-refractivity contribution < 1.29 is 9.18 Å². The number of amides is 1. The van der Waals surface area contributed by atoms with Crippen LogP contribution in [0.4, 0.5) is 10.1 Å². The van der Waals surface area contributed by atoms with Crippen LogP contribution in [0.5, 0.6) is 0 Å². The lowest BCUT2D eigenvalue weighted by atomic mass is 9.83. The number of carbonyl (C=O) groups excluding carboxylic acids is 1. The van der Waals surface area contributed by atoms with Crippen molar-refractivity contribution in [3.8, 4) is 0 Å². The lowest BCUT2D eigenvalue weighted by Crippen LogP contribution is -2.20. The summed E-state index contributed by atoms with van der Waals surface area (Å²) in [6.45, 7) is 6.32. The Morgan fingerprint density at radius 1 is 1.39 bits per heavy atom. The maximum Gasteiger partial charge on any atom is 0.232 e. The van der Waals surface area contributed by atoms with E-state index < -0.39 is 0 Å². The fourth-order valence-electron chi connectivity index (χ4n) is 2.76. The first-order valence-corrected chi connectivity index (χ1v) is 6.99. The first kappa shape index (κ1) is 13.5. The van der Waals surface area contributed by atoms with Gasteiger partial charge in [0, 0.05) is 4.47 Å². The Labute approximate surface area is 115 Å². The van der Waals surface area contributed by atoms with Gasteiger partial charge in [0.1, 0.15) is 5.82 Å². The standard InChI is InChI=1S/C14H17BrFNO/c1-7(2)4-8(3)12-10-5-9(16)6-11(15)13(10)17-14(12)18/h5-8,12H,4H2,1-3H3,(H,17,18). The topological polar surface area (TPSA) is 29.1 Å². The van der Waals surface area contributed by atoms with Crippen LogP contribution in [-0.4, -0.2) is 5.91 Å². The number of nitrogens with one attached hydrogen (secondary N) is 1. The number of hydrogen-bond donors (Lipinski definition) is 1. The van der Waals surface area contributed by atoms with E-state index in [-0.39, 0.29) is 23.6 Å². The first-order chi connectivity index (χ1) is 8.40. The first-order valence-electron chi connectivity index (χ1n) is 6.20. The highest BCUT2D eigenvalue weighted by Gasteiger charge is 2.36. The van der Waals surface area contributed by atoms with Gasteiger partial charge in [0.05, 0.1) is 11.6 Å². The molecule has 0 fully saturated rings. The predicted octanol–water partition coefficient (Wildman–Crippen LogP) is 4.31. The van der Waals surface area contributed by atoms with Gasteiger partial charge in [0.2, 0.25) is 5.91 Å². The van der Waals surface area contributed by atoms with Gasteiger partial charge in [-0.25, -0.2) is 4.39 Å². The summed E-state index contributed by atoms with van der Waals surface area (Å²) in [6, 6.07) is 2.86. The number of anilines is 1. The molecule has 1 heterocycles. The molecule has 98 valence electrons. The Morgan fingerprint density at radius 3 is 2.67 bits per heavy atom. The van der Waals surface area contributed by atoms with Gasteiger partial charge in [-0.1, -0.05) is 20.8 Å². The van der Waals surface area contributed by atoms with Gasteiger partial charge in [-0.15, -0.1) is 0 Å². The normalized spacial score (nSPS) is 19.9. The van der Waals surface area contributed by atoms with Crippen LogP contribution in [0.2, 0.25) is 0 Å². The molecule has 0 aliphatic carbocycles. The molecule has 0 radical (unpaired) electrons. The van der Waals surface area contributed by atoms with Crippen LogP contribution >= 0.6 is 15.9 Å². The monoisotopic (exact) mass is 313 g/mol. The summed E-state index contributed by atoms with van der Waals surface area (Å²) in [7, 11) is 0. The van der Waals surface area contributed by atoms with Crippen LogP contribution in [0.3, 0.4) is 0 Å². The number of halogens is 2. The molecule has 1 N–H and O–H groups in total. The van der Waals surface area contributed by atoms with Crippen molar-refractivity contribution in [2.24, 2.45) is 11.8 Å². The van der Waals surface area contributed by atoms with Crippen molar-refractivity contribution >= 4 is 27.5 Å². The summed E-state index contributed by atoms with van der Waals surface area (Å²) in [4.78, 5) is 12.1. The van der Waals surface area contributed by atoms with Crippen molar-refractivity contribution in [3.63, 3.8) is 0 Å². The maximum absolute atomic E-state index is 13.5. The van der Waals surface area contributed by atoms with Gasteiger partial charge in [0.25, 0.3) is 0 Å². The average molecular weight is 314 g/mol. The Bertz CT molecular complexity index is 487. The van der Waals surface area contributed by atoms with E-state index in [0.717, 1.165) is 17.7 Å². The molecule has 0 spiro atoms. The summed E-state index contributed by atoms with van der Waals surface area (Å²) in [5, 5.41) is 2.84. The SMILES string of the molecule is CC(C)CC(C)C1C(=O)Nc2c(Br)cc(F)cc21. The van der Waals surface area contributed by atoms with E-state index in [2.05, 4.69) is 42.0 Å². The average Bonchev–Trinajstić information content (AvgIpc) is 2.53. The lowest BCUT2D eigenvalue weighted by Gasteiger charge is -2.19. The third-order valence-electron chi connectivity index (χ3n) is 3.36. The van der Waals surface area contributed by atoms with Crippen LogP contribution < -0.4 is 5.32 Å². The molecule has 0 aromatic heterocycles. The molecule has 2 nitrogen and oxygen atoms in total. The molecular formula is C14H17BrFNO. The fraction of sp³-hybridized carbons (Fsp3) is 0.500. The van der Waals surface area contributed by atoms with E-state index >= 15 is 0 Å². The zero-order chi connectivity index (χ0) is 13.4. The Kier molecular flexibility index (Phi) is 3.76. The third-order valence-corrected chi connectivity index (χ3v) is 3.99. The highest BCUT2D eigenvalue weighted by molar-refractivity contribution is 9.10. The van der Waals surface area contributed by atoms with Crippen molar-refractivity contribution in [1.82, 2.24) is 0 Å². The minimum atomic E-state index is -0.307. The summed E-state index contributed by atoms with van der Waals surface area (Å²) in [6.07, 6.45) is 0.950. The quantitative estimate of drug-likeness (QED) is 0.885. The molecule has 1 amide bonds. The number of carbonyl (C=O) groups is 1. The molecule has 2 rings (SSSR count). The lowest BCUT2D eigenvalue weighted by molar-refractivity contribution is -0.118. The second-order valence-electron chi connectivity index (χ2n) is 5.43. The van der Waals surface area contributed by atoms with E-state index in [9.17, 15) is 9.18 Å². The molecule has 1 aromatic carbocycles. The molecule has 2 atom stereocenters. The van der Waals surface area contributed by atoms with Gasteiger partial charge < -0.3 is 5.32 Å². The summed E-state index contributed by atoms with van der Waals surface area (Å²) in [5.74, 6) is 0.159. The molecule has 4 heteroatoms. The number of hydrogen-bond acceptors (Lipinski definition) is 1. The van der Waals surface area contributed by atoms with Gasteiger partial charge in [0.15, 0.2) is 0 Å². The van der Waals surface area contributed by atoms with E-state index in [1.165, 1.54) is 12.1 Å². The molecule has 2 unspecified atom stereocenters. The van der Waals surface area contributed by atoms with Crippen LogP contribution in [0.1, 0.15) is 38.7 Å². The fourth-order valence-corrected chi connectivity index (χ4v) is 3.30. The smallest absolute Gasteiger partial charge is 0.232 e. The molecule has 1 aliphatic rings. The molecule has 0 saturated heterocycles. The van der Waals surface area contributed by atoms with Crippen LogP contribution in [-0.2, 0) is 4.79 Å². The molecular weight excluding hydrogens is 297 g/mol. The highest BCUT2D eigenvalue weighted by Crippen LogP contribution is 2.43. The van der Waals surface area contributed by atoms with Crippen molar-refractivity contribution in [3.05, 3.63) is 28.0 Å². The number of benzene rings is 1. The van der Waals surface area contributed by atoms with E-state index in [1.807, 2.05) is 0 Å².